The predicted octanol–water partition coefficient (Wildman–Crippen LogP) is 3.96. The molecule has 30 heavy (non-hydrogen) atoms. The van der Waals surface area contributed by atoms with E-state index >= 15 is 0 Å². The average Bonchev–Trinajstić information content (AvgIpc) is 3.00. The van der Waals surface area contributed by atoms with Crippen molar-refractivity contribution in [3.8, 4) is 11.5 Å². The first-order chi connectivity index (χ1) is 14.4. The van der Waals surface area contributed by atoms with Crippen molar-refractivity contribution in [3.63, 3.8) is 0 Å². The molecule has 1 aliphatic heterocycles. The molecule has 2 aromatic carbocycles. The number of ether oxygens (including phenoxy) is 3. The van der Waals surface area contributed by atoms with E-state index in [2.05, 4.69) is 4.74 Å². The van der Waals surface area contributed by atoms with Gasteiger partial charge in [0.15, 0.2) is 11.5 Å². The first kappa shape index (κ1) is 21.9. The van der Waals surface area contributed by atoms with Crippen LogP contribution in [-0.2, 0) is 20.9 Å². The van der Waals surface area contributed by atoms with E-state index in [4.69, 9.17) is 21.7 Å². The van der Waals surface area contributed by atoms with Crippen LogP contribution >= 0.6 is 24.0 Å². The van der Waals surface area contributed by atoms with Crippen molar-refractivity contribution in [2.75, 3.05) is 20.8 Å². The fourth-order valence-corrected chi connectivity index (χ4v) is 3.98. The topological polar surface area (TPSA) is 65.1 Å². The predicted molar refractivity (Wildman–Crippen MR) is 120 cm³/mol. The summed E-state index contributed by atoms with van der Waals surface area (Å²) < 4.78 is 16.3. The Labute approximate surface area is 184 Å². The summed E-state index contributed by atoms with van der Waals surface area (Å²) in [6.45, 7) is 2.26. The normalized spacial score (nSPS) is 14.9. The van der Waals surface area contributed by atoms with Crippen molar-refractivity contribution in [3.05, 3.63) is 64.1 Å². The minimum absolute atomic E-state index is 0.201. The van der Waals surface area contributed by atoms with E-state index in [0.717, 1.165) is 22.9 Å². The van der Waals surface area contributed by atoms with Gasteiger partial charge >= 0.3 is 5.97 Å². The number of methoxy groups -OCH3 is 2. The van der Waals surface area contributed by atoms with Gasteiger partial charge < -0.3 is 14.2 Å². The van der Waals surface area contributed by atoms with Gasteiger partial charge in [0, 0.05) is 0 Å². The van der Waals surface area contributed by atoms with E-state index in [1.165, 1.54) is 17.6 Å². The number of thiocarbonyl (C=S) groups is 1. The maximum atomic E-state index is 12.6. The summed E-state index contributed by atoms with van der Waals surface area (Å²) in [6.07, 6.45) is 1.71. The van der Waals surface area contributed by atoms with Gasteiger partial charge in [0.2, 0.25) is 0 Å². The second-order valence-electron chi connectivity index (χ2n) is 6.53. The third kappa shape index (κ3) is 5.20. The zero-order chi connectivity index (χ0) is 21.7. The van der Waals surface area contributed by atoms with E-state index in [-0.39, 0.29) is 12.5 Å². The molecule has 0 bridgehead atoms. The lowest BCUT2D eigenvalue weighted by Gasteiger charge is -2.12. The molecule has 1 aliphatic rings. The number of amides is 1. The molecule has 0 N–H and O–H groups in total. The molecule has 1 heterocycles. The van der Waals surface area contributed by atoms with Crippen molar-refractivity contribution in [2.24, 2.45) is 0 Å². The number of hydrogen-bond donors (Lipinski definition) is 0. The van der Waals surface area contributed by atoms with E-state index in [1.807, 2.05) is 37.3 Å². The van der Waals surface area contributed by atoms with Crippen molar-refractivity contribution in [1.29, 1.82) is 0 Å². The lowest BCUT2D eigenvalue weighted by atomic mass is 10.1. The van der Waals surface area contributed by atoms with Crippen LogP contribution in [0.5, 0.6) is 11.5 Å². The maximum Gasteiger partial charge on any atom is 0.325 e. The van der Waals surface area contributed by atoms with Crippen LogP contribution in [0.4, 0.5) is 0 Å². The van der Waals surface area contributed by atoms with Gasteiger partial charge in [-0.05, 0) is 36.3 Å². The van der Waals surface area contributed by atoms with Crippen molar-refractivity contribution < 1.29 is 23.8 Å². The number of benzene rings is 2. The van der Waals surface area contributed by atoms with Crippen molar-refractivity contribution in [1.82, 2.24) is 4.90 Å². The zero-order valence-corrected chi connectivity index (χ0v) is 18.5. The monoisotopic (exact) mass is 443 g/mol. The first-order valence-electron chi connectivity index (χ1n) is 9.10. The second-order valence-corrected chi connectivity index (χ2v) is 8.20. The molecule has 1 amide bonds. The van der Waals surface area contributed by atoms with E-state index in [1.54, 1.807) is 25.3 Å². The minimum Gasteiger partial charge on any atom is -0.493 e. The summed E-state index contributed by atoms with van der Waals surface area (Å²) in [6, 6.07) is 13.5. The third-order valence-corrected chi connectivity index (χ3v) is 5.77. The Bertz CT molecular complexity index is 1000. The van der Waals surface area contributed by atoms with Crippen LogP contribution in [0.1, 0.15) is 16.7 Å². The van der Waals surface area contributed by atoms with Crippen LogP contribution in [0, 0.1) is 6.92 Å². The van der Waals surface area contributed by atoms with Crippen LogP contribution in [0.3, 0.4) is 0 Å². The summed E-state index contributed by atoms with van der Waals surface area (Å²) in [7, 11) is 2.83. The lowest BCUT2D eigenvalue weighted by molar-refractivity contribution is -0.143. The van der Waals surface area contributed by atoms with Gasteiger partial charge in [0.1, 0.15) is 17.5 Å². The number of aryl methyl sites for hydroxylation is 1. The molecule has 0 atom stereocenters. The van der Waals surface area contributed by atoms with E-state index < -0.39 is 5.97 Å². The van der Waals surface area contributed by atoms with Gasteiger partial charge in [-0.1, -0.05) is 59.9 Å². The molecule has 3 rings (SSSR count). The Balaban J connectivity index is 1.74. The summed E-state index contributed by atoms with van der Waals surface area (Å²) in [4.78, 5) is 25.7. The highest BCUT2D eigenvalue weighted by molar-refractivity contribution is 8.26. The molecule has 0 aliphatic carbocycles. The van der Waals surface area contributed by atoms with Crippen LogP contribution in [0.25, 0.3) is 6.08 Å². The molecule has 0 spiro atoms. The third-order valence-electron chi connectivity index (χ3n) is 4.39. The van der Waals surface area contributed by atoms with E-state index in [0.29, 0.717) is 27.3 Å². The van der Waals surface area contributed by atoms with Gasteiger partial charge in [0.25, 0.3) is 5.91 Å². The number of rotatable bonds is 7. The Hall–Kier alpha value is -2.84. The van der Waals surface area contributed by atoms with Crippen LogP contribution in [-0.4, -0.2) is 41.9 Å². The molecule has 0 saturated carbocycles. The lowest BCUT2D eigenvalue weighted by Crippen LogP contribution is -2.33. The van der Waals surface area contributed by atoms with Gasteiger partial charge in [-0.25, -0.2) is 0 Å². The molecule has 1 fully saturated rings. The van der Waals surface area contributed by atoms with E-state index in [9.17, 15) is 9.59 Å². The quantitative estimate of drug-likeness (QED) is 0.365. The van der Waals surface area contributed by atoms with Crippen molar-refractivity contribution in [2.45, 2.75) is 13.5 Å². The number of hydrogen-bond acceptors (Lipinski definition) is 7. The number of nitrogens with zero attached hydrogens (tertiary/aromatic N) is 1. The molecule has 8 heteroatoms. The molecular weight excluding hydrogens is 422 g/mol. The van der Waals surface area contributed by atoms with Crippen LogP contribution < -0.4 is 9.47 Å². The summed E-state index contributed by atoms with van der Waals surface area (Å²) in [5, 5.41) is 0. The largest absolute Gasteiger partial charge is 0.493 e. The molecular formula is C22H21NO5S2. The zero-order valence-electron chi connectivity index (χ0n) is 16.8. The van der Waals surface area contributed by atoms with Crippen LogP contribution in [0.15, 0.2) is 47.4 Å². The highest BCUT2D eigenvalue weighted by atomic mass is 32.2. The fourth-order valence-electron chi connectivity index (χ4n) is 2.72. The Morgan fingerprint density at radius 3 is 2.53 bits per heavy atom. The standard InChI is InChI=1S/C22H21NO5S2/c1-14-4-6-15(7-5-14)13-28-17-9-8-16(10-18(17)26-2)11-19-21(25)23(22(29)30-19)12-20(24)27-3/h4-11H,12-13H2,1-3H3/b19-11-. The molecule has 1 saturated heterocycles. The molecule has 0 unspecified atom stereocenters. The summed E-state index contributed by atoms with van der Waals surface area (Å²) in [5.41, 5.74) is 3.01. The SMILES string of the molecule is COC(=O)CN1C(=O)/C(=C/c2ccc(OCc3ccc(C)cc3)c(OC)c2)SC1=S. The first-order valence-corrected chi connectivity index (χ1v) is 10.3. The highest BCUT2D eigenvalue weighted by Gasteiger charge is 2.33. The molecule has 0 aromatic heterocycles. The van der Waals surface area contributed by atoms with Crippen molar-refractivity contribution >= 4 is 46.3 Å². The molecule has 2 aromatic rings. The molecule has 0 radical (unpaired) electrons. The second kappa shape index (κ2) is 9.77. The van der Waals surface area contributed by atoms with Gasteiger partial charge in [-0.3, -0.25) is 14.5 Å². The van der Waals surface area contributed by atoms with Gasteiger partial charge in [-0.15, -0.1) is 0 Å². The Morgan fingerprint density at radius 2 is 1.87 bits per heavy atom. The fraction of sp³-hybridized carbons (Fsp3) is 0.227. The minimum atomic E-state index is -0.524. The number of carbonyl (C=O) groups excluding carboxylic acids is 2. The number of thioether (sulfide) groups is 1. The molecule has 6 nitrogen and oxygen atoms in total. The Kier molecular flexibility index (Phi) is 7.12. The number of esters is 1. The van der Waals surface area contributed by atoms with Gasteiger partial charge in [-0.2, -0.15) is 0 Å². The summed E-state index contributed by atoms with van der Waals surface area (Å²) >= 11 is 6.35. The number of carbonyl (C=O) groups is 2. The average molecular weight is 444 g/mol. The van der Waals surface area contributed by atoms with Gasteiger partial charge in [0.05, 0.1) is 19.1 Å². The summed E-state index contributed by atoms with van der Waals surface area (Å²) in [5.74, 6) is 0.313. The van der Waals surface area contributed by atoms with Crippen LogP contribution in [0.2, 0.25) is 0 Å². The maximum absolute atomic E-state index is 12.6. The molecule has 156 valence electrons. The Morgan fingerprint density at radius 1 is 1.13 bits per heavy atom. The smallest absolute Gasteiger partial charge is 0.325 e. The highest BCUT2D eigenvalue weighted by Crippen LogP contribution is 2.35.